The van der Waals surface area contributed by atoms with Gasteiger partial charge in [0.15, 0.2) is 0 Å². The quantitative estimate of drug-likeness (QED) is 0.652. The predicted molar refractivity (Wildman–Crippen MR) is 68.1 cm³/mol. The highest BCUT2D eigenvalue weighted by Crippen LogP contribution is 2.08. The number of nitrogens with two attached hydrogens (primary N) is 1. The van der Waals surface area contributed by atoms with Crippen molar-refractivity contribution in [3.63, 3.8) is 0 Å². The van der Waals surface area contributed by atoms with E-state index in [9.17, 15) is 9.59 Å². The van der Waals surface area contributed by atoms with E-state index in [1.807, 2.05) is 0 Å². The van der Waals surface area contributed by atoms with Gasteiger partial charge in [-0.15, -0.1) is 12.4 Å². The van der Waals surface area contributed by atoms with Crippen molar-refractivity contribution in [3.05, 3.63) is 0 Å². The van der Waals surface area contributed by atoms with Crippen molar-refractivity contribution >= 4 is 24.3 Å². The van der Waals surface area contributed by atoms with Gasteiger partial charge in [0.05, 0.1) is 0 Å². The largest absolute Gasteiger partial charge is 0.341 e. The maximum Gasteiger partial charge on any atom is 0.321 e. The lowest BCUT2D eigenvalue weighted by molar-refractivity contribution is -0.120. The molecule has 3 amide bonds. The highest BCUT2D eigenvalue weighted by Gasteiger charge is 2.17. The van der Waals surface area contributed by atoms with E-state index in [1.165, 1.54) is 7.05 Å². The molecule has 0 radical (unpaired) electrons. The Morgan fingerprint density at radius 1 is 1.47 bits per heavy atom. The van der Waals surface area contributed by atoms with E-state index in [-0.39, 0.29) is 24.4 Å². The van der Waals surface area contributed by atoms with Gasteiger partial charge in [-0.05, 0) is 19.4 Å². The van der Waals surface area contributed by atoms with Gasteiger partial charge in [0.1, 0.15) is 0 Å². The zero-order chi connectivity index (χ0) is 12.0. The Morgan fingerprint density at radius 2 is 2.18 bits per heavy atom. The van der Waals surface area contributed by atoms with Crippen LogP contribution in [0.2, 0.25) is 0 Å². The fourth-order valence-corrected chi connectivity index (χ4v) is 1.81. The Morgan fingerprint density at radius 3 is 2.76 bits per heavy atom. The molecule has 1 fully saturated rings. The smallest absolute Gasteiger partial charge is 0.321 e. The van der Waals surface area contributed by atoms with Gasteiger partial charge in [-0.25, -0.2) is 4.79 Å². The molecule has 1 aliphatic heterocycles. The van der Waals surface area contributed by atoms with Gasteiger partial charge in [0.2, 0.25) is 5.91 Å². The number of halogens is 1. The van der Waals surface area contributed by atoms with Crippen LogP contribution in [0.3, 0.4) is 0 Å². The first-order chi connectivity index (χ1) is 7.61. The third-order valence-corrected chi connectivity index (χ3v) is 2.68. The Kier molecular flexibility index (Phi) is 7.86. The van der Waals surface area contributed by atoms with E-state index in [0.29, 0.717) is 13.0 Å². The van der Waals surface area contributed by atoms with Crippen LogP contribution in [0.1, 0.15) is 19.3 Å². The number of rotatable bonds is 3. The third kappa shape index (κ3) is 6.45. The van der Waals surface area contributed by atoms with Crippen molar-refractivity contribution in [3.8, 4) is 0 Å². The van der Waals surface area contributed by atoms with Crippen LogP contribution in [0.5, 0.6) is 0 Å². The summed E-state index contributed by atoms with van der Waals surface area (Å²) in [5.74, 6) is -0.251. The van der Waals surface area contributed by atoms with Gasteiger partial charge < -0.3 is 16.0 Å². The summed E-state index contributed by atoms with van der Waals surface area (Å²) in [6, 6.07) is -0.240. The van der Waals surface area contributed by atoms with Crippen molar-refractivity contribution in [2.45, 2.75) is 25.3 Å². The predicted octanol–water partition coefficient (Wildman–Crippen LogP) is -0.323. The fourth-order valence-electron chi connectivity index (χ4n) is 1.81. The summed E-state index contributed by atoms with van der Waals surface area (Å²) in [7, 11) is 1.48. The normalized spacial score (nSPS) is 20.2. The molecule has 4 N–H and O–H groups in total. The molecule has 0 saturated carbocycles. The van der Waals surface area contributed by atoms with Gasteiger partial charge in [-0.3, -0.25) is 10.1 Å². The maximum atomic E-state index is 11.3. The minimum Gasteiger partial charge on any atom is -0.341 e. The van der Waals surface area contributed by atoms with Gasteiger partial charge in [0.25, 0.3) is 0 Å². The average Bonchev–Trinajstić information content (AvgIpc) is 2.26. The van der Waals surface area contributed by atoms with Crippen LogP contribution >= 0.6 is 12.4 Å². The average molecular weight is 265 g/mol. The van der Waals surface area contributed by atoms with Crippen LogP contribution in [0, 0.1) is 0 Å². The topological polar surface area (TPSA) is 87.5 Å². The van der Waals surface area contributed by atoms with E-state index in [4.69, 9.17) is 5.73 Å². The molecular weight excluding hydrogens is 244 g/mol. The van der Waals surface area contributed by atoms with Gasteiger partial charge in [0, 0.05) is 32.6 Å². The lowest BCUT2D eigenvalue weighted by atomic mass is 10.1. The zero-order valence-electron chi connectivity index (χ0n) is 10.1. The van der Waals surface area contributed by atoms with Crippen molar-refractivity contribution < 1.29 is 9.59 Å². The van der Waals surface area contributed by atoms with E-state index in [1.54, 1.807) is 0 Å². The highest BCUT2D eigenvalue weighted by molar-refractivity contribution is 5.94. The molecule has 7 heteroatoms. The number of hydrogen-bond acceptors (Lipinski definition) is 4. The summed E-state index contributed by atoms with van der Waals surface area (Å²) in [6.07, 6.45) is 2.47. The van der Waals surface area contributed by atoms with Gasteiger partial charge in [-0.1, -0.05) is 0 Å². The molecule has 0 spiro atoms. The lowest BCUT2D eigenvalue weighted by Crippen LogP contribution is -2.44. The molecule has 1 atom stereocenters. The number of carbonyl (C=O) groups excluding carboxylic acids is 2. The first kappa shape index (κ1) is 16.1. The Hall–Kier alpha value is -0.850. The third-order valence-electron chi connectivity index (χ3n) is 2.68. The second-order valence-corrected chi connectivity index (χ2v) is 4.08. The molecule has 0 bridgehead atoms. The van der Waals surface area contributed by atoms with E-state index >= 15 is 0 Å². The van der Waals surface area contributed by atoms with Crippen molar-refractivity contribution in [2.75, 3.05) is 26.7 Å². The number of urea groups is 1. The molecule has 0 unspecified atom stereocenters. The van der Waals surface area contributed by atoms with E-state index < -0.39 is 6.03 Å². The van der Waals surface area contributed by atoms with E-state index in [2.05, 4.69) is 15.5 Å². The molecule has 1 aliphatic rings. The number of imide groups is 1. The van der Waals surface area contributed by atoms with Crippen LogP contribution < -0.4 is 16.4 Å². The summed E-state index contributed by atoms with van der Waals surface area (Å²) in [6.45, 7) is 2.49. The number of piperidine rings is 1. The number of amides is 3. The number of likely N-dealkylation sites (tertiary alicyclic amines) is 1. The number of nitrogens with zero attached hydrogens (tertiary/aromatic N) is 1. The molecule has 1 heterocycles. The van der Waals surface area contributed by atoms with Crippen LogP contribution in [-0.4, -0.2) is 49.6 Å². The standard InChI is InChI=1S/C10H20N4O2.ClH/c1-12-10(16)13-9(15)4-6-14-5-2-3-8(11)7-14;/h8H,2-7,11H2,1H3,(H2,12,13,15,16);1H/t8-;/m1./s1. The molecule has 1 saturated heterocycles. The molecule has 0 aromatic rings. The van der Waals surface area contributed by atoms with Crippen LogP contribution in [0.4, 0.5) is 4.79 Å². The first-order valence-corrected chi connectivity index (χ1v) is 5.61. The fraction of sp³-hybridized carbons (Fsp3) is 0.800. The summed E-state index contributed by atoms with van der Waals surface area (Å²) in [5.41, 5.74) is 5.83. The molecular formula is C10H21ClN4O2. The SMILES string of the molecule is CNC(=O)NC(=O)CCN1CCC[C@@H](N)C1.Cl. The van der Waals surface area contributed by atoms with Crippen molar-refractivity contribution in [2.24, 2.45) is 5.73 Å². The summed E-state index contributed by atoms with van der Waals surface area (Å²) < 4.78 is 0. The first-order valence-electron chi connectivity index (χ1n) is 5.61. The lowest BCUT2D eigenvalue weighted by Gasteiger charge is -2.30. The Labute approximate surface area is 108 Å². The van der Waals surface area contributed by atoms with Crippen molar-refractivity contribution in [1.82, 2.24) is 15.5 Å². The molecule has 0 aromatic heterocycles. The maximum absolute atomic E-state index is 11.3. The highest BCUT2D eigenvalue weighted by atomic mass is 35.5. The molecule has 0 aliphatic carbocycles. The zero-order valence-corrected chi connectivity index (χ0v) is 10.9. The number of carbonyl (C=O) groups is 2. The minimum absolute atomic E-state index is 0. The summed E-state index contributed by atoms with van der Waals surface area (Å²) >= 11 is 0. The molecule has 6 nitrogen and oxygen atoms in total. The van der Waals surface area contributed by atoms with Crippen LogP contribution in [0.25, 0.3) is 0 Å². The Bertz CT molecular complexity index is 263. The number of nitrogens with one attached hydrogen (secondary N) is 2. The molecule has 17 heavy (non-hydrogen) atoms. The van der Waals surface area contributed by atoms with Crippen molar-refractivity contribution in [1.29, 1.82) is 0 Å². The molecule has 100 valence electrons. The number of hydrogen-bond donors (Lipinski definition) is 3. The summed E-state index contributed by atoms with van der Waals surface area (Å²) in [4.78, 5) is 24.3. The second-order valence-electron chi connectivity index (χ2n) is 4.08. The van der Waals surface area contributed by atoms with Gasteiger partial charge in [-0.2, -0.15) is 0 Å². The molecule has 1 rings (SSSR count). The van der Waals surface area contributed by atoms with E-state index in [0.717, 1.165) is 25.9 Å². The van der Waals surface area contributed by atoms with Crippen LogP contribution in [0.15, 0.2) is 0 Å². The molecule has 0 aromatic carbocycles. The van der Waals surface area contributed by atoms with Gasteiger partial charge >= 0.3 is 6.03 Å². The van der Waals surface area contributed by atoms with Crippen LogP contribution in [-0.2, 0) is 4.79 Å². The second kappa shape index (κ2) is 8.27. The summed E-state index contributed by atoms with van der Waals surface area (Å²) in [5, 5.41) is 4.57. The minimum atomic E-state index is -0.458. The monoisotopic (exact) mass is 264 g/mol. The Balaban J connectivity index is 0.00000256.